The van der Waals surface area contributed by atoms with Crippen LogP contribution in [0.15, 0.2) is 231 Å². The quantitative estimate of drug-likeness (QED) is 0.158. The molecule has 0 aliphatic heterocycles. The Labute approximate surface area is 338 Å². The van der Waals surface area contributed by atoms with Gasteiger partial charge >= 0.3 is 0 Å². The fourth-order valence-corrected chi connectivity index (χ4v) is 8.80. The lowest BCUT2D eigenvalue weighted by atomic mass is 9.92. The van der Waals surface area contributed by atoms with Crippen LogP contribution in [0.25, 0.3) is 82.4 Å². The molecule has 272 valence electrons. The minimum absolute atomic E-state index is 1.10. The van der Waals surface area contributed by atoms with Crippen molar-refractivity contribution in [3.8, 4) is 39.1 Å². The second kappa shape index (κ2) is 14.1. The summed E-state index contributed by atoms with van der Waals surface area (Å²) in [6.45, 7) is 0. The minimum atomic E-state index is 1.10. The lowest BCUT2D eigenvalue weighted by molar-refractivity contribution is 1.18. The Morgan fingerprint density at radius 1 is 0.293 bits per heavy atom. The summed E-state index contributed by atoms with van der Waals surface area (Å²) in [4.78, 5) is 2.40. The number of rotatable bonds is 7. The lowest BCUT2D eigenvalue weighted by Crippen LogP contribution is -2.10. The third-order valence-electron chi connectivity index (χ3n) is 11.5. The zero-order valence-electron chi connectivity index (χ0n) is 31.8. The van der Waals surface area contributed by atoms with E-state index in [2.05, 4.69) is 240 Å². The van der Waals surface area contributed by atoms with E-state index in [9.17, 15) is 0 Å². The van der Waals surface area contributed by atoms with E-state index in [0.717, 1.165) is 22.7 Å². The highest BCUT2D eigenvalue weighted by molar-refractivity contribution is 6.23. The topological polar surface area (TPSA) is 8.17 Å². The van der Waals surface area contributed by atoms with Gasteiger partial charge in [-0.05, 0) is 116 Å². The maximum Gasteiger partial charge on any atom is 0.0553 e. The standard InChI is InChI=1S/C56H38N2/c1-3-14-39(15-4-1)41-26-28-42(29-27-41)43-30-33-48(34-31-43)57(50-35-32-40-16-7-8-17-44(40)36-50)49-22-13-19-46(37-49)55-51-23-10-9-18-45(51)38-54-56(55)52-24-11-12-25-53(52)58(54)47-20-5-2-6-21-47/h1-38H. The highest BCUT2D eigenvalue weighted by Gasteiger charge is 2.21. The van der Waals surface area contributed by atoms with Gasteiger partial charge in [0, 0.05) is 33.5 Å². The summed E-state index contributed by atoms with van der Waals surface area (Å²) in [5, 5.41) is 7.39. The molecule has 1 heterocycles. The molecule has 0 bridgehead atoms. The van der Waals surface area contributed by atoms with Gasteiger partial charge in [-0.15, -0.1) is 0 Å². The molecule has 0 N–H and O–H groups in total. The van der Waals surface area contributed by atoms with E-state index in [0.29, 0.717) is 0 Å². The van der Waals surface area contributed by atoms with Crippen molar-refractivity contribution in [1.29, 1.82) is 0 Å². The van der Waals surface area contributed by atoms with E-state index in [1.54, 1.807) is 0 Å². The van der Waals surface area contributed by atoms with Crippen LogP contribution < -0.4 is 4.90 Å². The van der Waals surface area contributed by atoms with Crippen molar-refractivity contribution < 1.29 is 0 Å². The SMILES string of the molecule is c1ccc(-c2ccc(-c3ccc(N(c4cccc(-c5c6ccccc6cc6c5c5ccccc5n6-c5ccccc5)c4)c4ccc5ccccc5c4)cc3)cc2)cc1. The van der Waals surface area contributed by atoms with Crippen molar-refractivity contribution >= 4 is 60.4 Å². The average molecular weight is 739 g/mol. The van der Waals surface area contributed by atoms with Crippen molar-refractivity contribution in [2.75, 3.05) is 4.90 Å². The van der Waals surface area contributed by atoms with Crippen molar-refractivity contribution in [2.24, 2.45) is 0 Å². The third kappa shape index (κ3) is 5.82. The van der Waals surface area contributed by atoms with Crippen LogP contribution >= 0.6 is 0 Å². The van der Waals surface area contributed by atoms with Crippen LogP contribution in [0.2, 0.25) is 0 Å². The first-order chi connectivity index (χ1) is 28.8. The lowest BCUT2D eigenvalue weighted by Gasteiger charge is -2.27. The molecule has 1 aromatic heterocycles. The Kier molecular flexibility index (Phi) is 8.19. The van der Waals surface area contributed by atoms with E-state index in [1.807, 2.05) is 0 Å². The van der Waals surface area contributed by atoms with Gasteiger partial charge in [-0.3, -0.25) is 0 Å². The second-order valence-corrected chi connectivity index (χ2v) is 15.0. The van der Waals surface area contributed by atoms with Crippen LogP contribution in [0, 0.1) is 0 Å². The molecule has 0 unspecified atom stereocenters. The van der Waals surface area contributed by atoms with Gasteiger partial charge in [0.25, 0.3) is 0 Å². The fourth-order valence-electron chi connectivity index (χ4n) is 8.80. The summed E-state index contributed by atoms with van der Waals surface area (Å²) in [5.41, 5.74) is 14.1. The molecule has 0 atom stereocenters. The predicted octanol–water partition coefficient (Wildman–Crippen LogP) is 15.6. The van der Waals surface area contributed by atoms with E-state index in [1.165, 1.54) is 76.7 Å². The molecule has 11 aromatic rings. The smallest absolute Gasteiger partial charge is 0.0553 e. The van der Waals surface area contributed by atoms with Crippen LogP contribution in [0.1, 0.15) is 0 Å². The first-order valence-corrected chi connectivity index (χ1v) is 19.9. The Hall–Kier alpha value is -7.68. The van der Waals surface area contributed by atoms with Gasteiger partial charge in [-0.2, -0.15) is 0 Å². The van der Waals surface area contributed by atoms with E-state index in [-0.39, 0.29) is 0 Å². The van der Waals surface area contributed by atoms with Gasteiger partial charge in [0.05, 0.1) is 11.0 Å². The highest BCUT2D eigenvalue weighted by Crippen LogP contribution is 2.45. The molecule has 2 nitrogen and oxygen atoms in total. The van der Waals surface area contributed by atoms with E-state index in [4.69, 9.17) is 0 Å². The number of para-hydroxylation sites is 2. The fraction of sp³-hybridized carbons (Fsp3) is 0. The zero-order valence-corrected chi connectivity index (χ0v) is 31.8. The molecule has 0 saturated heterocycles. The number of aromatic nitrogens is 1. The molecule has 0 aliphatic rings. The molecule has 0 fully saturated rings. The molecule has 10 aromatic carbocycles. The van der Waals surface area contributed by atoms with Gasteiger partial charge in [0.1, 0.15) is 0 Å². The Balaban J connectivity index is 1.08. The van der Waals surface area contributed by atoms with Crippen molar-refractivity contribution in [3.05, 3.63) is 231 Å². The molecule has 0 saturated carbocycles. The van der Waals surface area contributed by atoms with E-state index >= 15 is 0 Å². The Bertz CT molecular complexity index is 3250. The molecular formula is C56H38N2. The molecule has 0 aliphatic carbocycles. The summed E-state index contributed by atoms with van der Waals surface area (Å²) in [6.07, 6.45) is 0. The van der Waals surface area contributed by atoms with Crippen LogP contribution in [-0.4, -0.2) is 4.57 Å². The third-order valence-corrected chi connectivity index (χ3v) is 11.5. The van der Waals surface area contributed by atoms with Crippen LogP contribution in [0.4, 0.5) is 17.1 Å². The first-order valence-electron chi connectivity index (χ1n) is 19.9. The summed E-state index contributed by atoms with van der Waals surface area (Å²) >= 11 is 0. The Morgan fingerprint density at radius 2 is 0.828 bits per heavy atom. The molecule has 11 rings (SSSR count). The number of anilines is 3. The van der Waals surface area contributed by atoms with Gasteiger partial charge in [0.2, 0.25) is 0 Å². The summed E-state index contributed by atoms with van der Waals surface area (Å²) in [7, 11) is 0. The number of fused-ring (bicyclic) bond motifs is 5. The zero-order chi connectivity index (χ0) is 38.4. The molecule has 0 radical (unpaired) electrons. The first kappa shape index (κ1) is 33.6. The van der Waals surface area contributed by atoms with Gasteiger partial charge in [-0.1, -0.05) is 170 Å². The molecule has 0 amide bonds. The van der Waals surface area contributed by atoms with Crippen molar-refractivity contribution in [2.45, 2.75) is 0 Å². The molecule has 0 spiro atoms. The molecule has 58 heavy (non-hydrogen) atoms. The van der Waals surface area contributed by atoms with Crippen molar-refractivity contribution in [1.82, 2.24) is 4.57 Å². The number of hydrogen-bond donors (Lipinski definition) is 0. The van der Waals surface area contributed by atoms with Gasteiger partial charge in [-0.25, -0.2) is 0 Å². The number of benzene rings is 10. The largest absolute Gasteiger partial charge is 0.310 e. The molecular weight excluding hydrogens is 701 g/mol. The monoisotopic (exact) mass is 738 g/mol. The van der Waals surface area contributed by atoms with Gasteiger partial charge in [0.15, 0.2) is 0 Å². The van der Waals surface area contributed by atoms with Gasteiger partial charge < -0.3 is 9.47 Å². The maximum atomic E-state index is 2.42. The normalized spacial score (nSPS) is 11.4. The predicted molar refractivity (Wildman–Crippen MR) is 247 cm³/mol. The van der Waals surface area contributed by atoms with Crippen LogP contribution in [0.3, 0.4) is 0 Å². The highest BCUT2D eigenvalue weighted by atomic mass is 15.1. The average Bonchev–Trinajstić information content (AvgIpc) is 3.63. The van der Waals surface area contributed by atoms with Crippen LogP contribution in [-0.2, 0) is 0 Å². The number of hydrogen-bond acceptors (Lipinski definition) is 1. The van der Waals surface area contributed by atoms with Crippen molar-refractivity contribution in [3.63, 3.8) is 0 Å². The van der Waals surface area contributed by atoms with E-state index < -0.39 is 0 Å². The Morgan fingerprint density at radius 3 is 1.57 bits per heavy atom. The summed E-state index contributed by atoms with van der Waals surface area (Å²) < 4.78 is 2.42. The second-order valence-electron chi connectivity index (χ2n) is 15.0. The minimum Gasteiger partial charge on any atom is -0.310 e. The summed E-state index contributed by atoms with van der Waals surface area (Å²) in [6, 6.07) is 83.7. The number of nitrogens with zero attached hydrogens (tertiary/aromatic N) is 2. The van der Waals surface area contributed by atoms with Crippen LogP contribution in [0.5, 0.6) is 0 Å². The maximum absolute atomic E-state index is 2.42. The summed E-state index contributed by atoms with van der Waals surface area (Å²) in [5.74, 6) is 0. The molecule has 2 heteroatoms.